The topological polar surface area (TPSA) is 41.1 Å². The zero-order valence-electron chi connectivity index (χ0n) is 11.0. The quantitative estimate of drug-likeness (QED) is 0.897. The summed E-state index contributed by atoms with van der Waals surface area (Å²) in [4.78, 5) is 12.0. The summed E-state index contributed by atoms with van der Waals surface area (Å²) in [5, 5.41) is 3.19. The van der Waals surface area contributed by atoms with E-state index in [1.807, 2.05) is 25.0 Å². The van der Waals surface area contributed by atoms with Crippen molar-refractivity contribution in [1.29, 1.82) is 0 Å². The zero-order valence-corrected chi connectivity index (χ0v) is 11.8. The van der Waals surface area contributed by atoms with Crippen LogP contribution in [-0.2, 0) is 13.1 Å². The molecule has 2 heterocycles. The van der Waals surface area contributed by atoms with Crippen LogP contribution in [0.25, 0.3) is 0 Å². The Balaban J connectivity index is 2.18. The predicted octanol–water partition coefficient (Wildman–Crippen LogP) is 2.20. The third-order valence-electron chi connectivity index (χ3n) is 2.89. The fourth-order valence-corrected chi connectivity index (χ4v) is 2.71. The third-order valence-corrected chi connectivity index (χ3v) is 3.81. The summed E-state index contributed by atoms with van der Waals surface area (Å²) in [6.07, 6.45) is 3.75. The van der Waals surface area contributed by atoms with Crippen LogP contribution in [0.4, 0.5) is 5.69 Å². The Bertz CT molecular complexity index is 509. The molecule has 0 bridgehead atoms. The largest absolute Gasteiger partial charge is 0.368 e. The molecule has 0 amide bonds. The van der Waals surface area contributed by atoms with E-state index in [0.29, 0.717) is 0 Å². The van der Waals surface area contributed by atoms with Gasteiger partial charge in [0, 0.05) is 24.7 Å². The Morgan fingerprint density at radius 2 is 2.28 bits per heavy atom. The molecule has 0 saturated heterocycles. The molecule has 2 aromatic rings. The van der Waals surface area contributed by atoms with E-state index in [4.69, 9.17) is 0 Å². The molecule has 5 heteroatoms. The summed E-state index contributed by atoms with van der Waals surface area (Å²) in [6, 6.07) is 2.06. The summed E-state index contributed by atoms with van der Waals surface area (Å²) in [5.41, 5.74) is 5.44. The highest BCUT2D eigenvalue weighted by Gasteiger charge is 2.10. The maximum Gasteiger partial charge on any atom is 0.0798 e. The molecule has 4 nitrogen and oxygen atoms in total. The maximum absolute atomic E-state index is 4.29. The number of hydrogen-bond donors (Lipinski definition) is 1. The summed E-state index contributed by atoms with van der Waals surface area (Å²) in [7, 11) is 4.05. The van der Waals surface area contributed by atoms with Crippen molar-refractivity contribution in [1.82, 2.24) is 15.3 Å². The van der Waals surface area contributed by atoms with Gasteiger partial charge in [0.05, 0.1) is 29.6 Å². The predicted molar refractivity (Wildman–Crippen MR) is 76.0 cm³/mol. The van der Waals surface area contributed by atoms with Crippen molar-refractivity contribution in [2.45, 2.75) is 20.0 Å². The third kappa shape index (κ3) is 2.86. The minimum Gasteiger partial charge on any atom is -0.368 e. The van der Waals surface area contributed by atoms with Gasteiger partial charge in [0.25, 0.3) is 0 Å². The fraction of sp³-hybridized carbons (Fsp3) is 0.385. The van der Waals surface area contributed by atoms with Crippen LogP contribution in [0.15, 0.2) is 24.0 Å². The molecule has 0 fully saturated rings. The average molecular weight is 262 g/mol. The van der Waals surface area contributed by atoms with Gasteiger partial charge in [0.15, 0.2) is 0 Å². The zero-order chi connectivity index (χ0) is 13.0. The highest BCUT2D eigenvalue weighted by atomic mass is 32.1. The lowest BCUT2D eigenvalue weighted by Gasteiger charge is -2.21. The van der Waals surface area contributed by atoms with E-state index in [9.17, 15) is 0 Å². The Morgan fingerprint density at radius 1 is 1.44 bits per heavy atom. The molecular weight excluding hydrogens is 244 g/mol. The van der Waals surface area contributed by atoms with Gasteiger partial charge in [-0.2, -0.15) is 0 Å². The molecule has 0 atom stereocenters. The highest BCUT2D eigenvalue weighted by Crippen LogP contribution is 2.22. The van der Waals surface area contributed by atoms with E-state index in [2.05, 4.69) is 40.2 Å². The number of pyridine rings is 1. The molecule has 0 spiro atoms. The first-order chi connectivity index (χ1) is 8.72. The molecule has 96 valence electrons. The average Bonchev–Trinajstić information content (AvgIpc) is 2.76. The second kappa shape index (κ2) is 5.93. The van der Waals surface area contributed by atoms with Gasteiger partial charge in [-0.3, -0.25) is 4.98 Å². The minimum absolute atomic E-state index is 0.851. The number of thiazole rings is 1. The van der Waals surface area contributed by atoms with Gasteiger partial charge in [-0.05, 0) is 25.6 Å². The van der Waals surface area contributed by atoms with Crippen molar-refractivity contribution in [3.8, 4) is 0 Å². The van der Waals surface area contributed by atoms with Gasteiger partial charge in [0.2, 0.25) is 0 Å². The van der Waals surface area contributed by atoms with Crippen LogP contribution in [0.1, 0.15) is 16.1 Å². The number of aryl methyl sites for hydroxylation is 1. The Morgan fingerprint density at radius 3 is 2.94 bits per heavy atom. The smallest absolute Gasteiger partial charge is 0.0798 e. The van der Waals surface area contributed by atoms with E-state index in [0.717, 1.165) is 18.8 Å². The van der Waals surface area contributed by atoms with Crippen molar-refractivity contribution >= 4 is 17.0 Å². The molecule has 0 aliphatic heterocycles. The summed E-state index contributed by atoms with van der Waals surface area (Å²) >= 11 is 1.70. The van der Waals surface area contributed by atoms with Crippen LogP contribution >= 0.6 is 11.3 Å². The van der Waals surface area contributed by atoms with Gasteiger partial charge in [0.1, 0.15) is 0 Å². The standard InChI is InChI=1S/C13H18N4S/c1-10-13(18-9-16-10)8-17(3)12-7-15-5-4-11(12)6-14-2/h4-5,7,9,14H,6,8H2,1-3H3. The molecule has 0 unspecified atom stereocenters. The number of nitrogens with zero attached hydrogens (tertiary/aromatic N) is 3. The Kier molecular flexibility index (Phi) is 4.28. The Hall–Kier alpha value is -1.46. The normalized spacial score (nSPS) is 10.6. The number of rotatable bonds is 5. The molecule has 2 aromatic heterocycles. The van der Waals surface area contributed by atoms with Crippen LogP contribution in [0.5, 0.6) is 0 Å². The van der Waals surface area contributed by atoms with Crippen molar-refractivity contribution < 1.29 is 0 Å². The van der Waals surface area contributed by atoms with Gasteiger partial charge < -0.3 is 10.2 Å². The van der Waals surface area contributed by atoms with Gasteiger partial charge in [-0.15, -0.1) is 11.3 Å². The first-order valence-electron chi connectivity index (χ1n) is 5.90. The van der Waals surface area contributed by atoms with E-state index >= 15 is 0 Å². The summed E-state index contributed by atoms with van der Waals surface area (Å²) in [5.74, 6) is 0. The minimum atomic E-state index is 0.851. The molecule has 0 aliphatic carbocycles. The molecular formula is C13H18N4S. The van der Waals surface area contributed by atoms with E-state index in [1.54, 1.807) is 11.3 Å². The van der Waals surface area contributed by atoms with Crippen LogP contribution < -0.4 is 10.2 Å². The van der Waals surface area contributed by atoms with Gasteiger partial charge in [-0.1, -0.05) is 0 Å². The SMILES string of the molecule is CNCc1ccncc1N(C)Cc1scnc1C. The van der Waals surface area contributed by atoms with Gasteiger partial charge in [-0.25, -0.2) is 4.98 Å². The van der Waals surface area contributed by atoms with Crippen molar-refractivity contribution in [2.75, 3.05) is 19.0 Å². The van der Waals surface area contributed by atoms with Crippen molar-refractivity contribution in [3.05, 3.63) is 40.1 Å². The number of anilines is 1. The number of nitrogens with one attached hydrogen (secondary N) is 1. The highest BCUT2D eigenvalue weighted by molar-refractivity contribution is 7.09. The van der Waals surface area contributed by atoms with Crippen LogP contribution in [0.3, 0.4) is 0 Å². The van der Waals surface area contributed by atoms with E-state index < -0.39 is 0 Å². The Labute approximate surface area is 112 Å². The lowest BCUT2D eigenvalue weighted by molar-refractivity contribution is 0.803. The second-order valence-corrected chi connectivity index (χ2v) is 5.19. The molecule has 0 radical (unpaired) electrons. The number of aromatic nitrogens is 2. The second-order valence-electron chi connectivity index (χ2n) is 4.25. The van der Waals surface area contributed by atoms with E-state index in [-0.39, 0.29) is 0 Å². The summed E-state index contributed by atoms with van der Waals surface area (Å²) < 4.78 is 0. The van der Waals surface area contributed by atoms with Crippen LogP contribution in [-0.4, -0.2) is 24.1 Å². The van der Waals surface area contributed by atoms with Crippen LogP contribution in [0, 0.1) is 6.92 Å². The monoisotopic (exact) mass is 262 g/mol. The molecule has 0 saturated carbocycles. The fourth-order valence-electron chi connectivity index (χ4n) is 1.88. The van der Waals surface area contributed by atoms with Crippen LogP contribution in [0.2, 0.25) is 0 Å². The molecule has 2 rings (SSSR count). The molecule has 1 N–H and O–H groups in total. The van der Waals surface area contributed by atoms with Gasteiger partial charge >= 0.3 is 0 Å². The maximum atomic E-state index is 4.29. The lowest BCUT2D eigenvalue weighted by Crippen LogP contribution is -2.19. The molecule has 0 aromatic carbocycles. The first-order valence-corrected chi connectivity index (χ1v) is 6.78. The molecule has 0 aliphatic rings. The van der Waals surface area contributed by atoms with Crippen molar-refractivity contribution in [3.63, 3.8) is 0 Å². The molecule has 18 heavy (non-hydrogen) atoms. The number of hydrogen-bond acceptors (Lipinski definition) is 5. The lowest BCUT2D eigenvalue weighted by atomic mass is 10.2. The first kappa shape index (κ1) is 13.0. The van der Waals surface area contributed by atoms with E-state index in [1.165, 1.54) is 16.1 Å². The van der Waals surface area contributed by atoms with Crippen molar-refractivity contribution in [2.24, 2.45) is 0 Å². The summed E-state index contributed by atoms with van der Waals surface area (Å²) in [6.45, 7) is 3.78.